The van der Waals surface area contributed by atoms with E-state index in [-0.39, 0.29) is 16.4 Å². The highest BCUT2D eigenvalue weighted by Crippen LogP contribution is 2.21. The zero-order chi connectivity index (χ0) is 14.9. The van der Waals surface area contributed by atoms with Gasteiger partial charge in [0.05, 0.1) is 16.8 Å². The van der Waals surface area contributed by atoms with Gasteiger partial charge in [0.1, 0.15) is 5.82 Å². The molecule has 2 N–H and O–H groups in total. The normalized spacial score (nSPS) is 10.3. The van der Waals surface area contributed by atoms with Crippen LogP contribution in [0, 0.1) is 11.6 Å². The predicted octanol–water partition coefficient (Wildman–Crippen LogP) is 2.59. The zero-order valence-electron chi connectivity index (χ0n) is 9.60. The van der Waals surface area contributed by atoms with Crippen molar-refractivity contribution in [2.75, 3.05) is 5.32 Å². The number of nitrogens with one attached hydrogen (secondary N) is 1. The number of anilines is 1. The summed E-state index contributed by atoms with van der Waals surface area (Å²) in [7, 11) is 0. The van der Waals surface area contributed by atoms with E-state index in [0.29, 0.717) is 16.8 Å². The standard InChI is InChI=1S/C11H6ClF2N3O3/c12-6-4-8(14)7(13)3-5(6)10(18)16-9-1-2-15-17(9)11(19)20/h1-4H,(H,16,18)(H,19,20). The van der Waals surface area contributed by atoms with Crippen LogP contribution >= 0.6 is 11.6 Å². The number of benzene rings is 1. The van der Waals surface area contributed by atoms with Crippen molar-refractivity contribution >= 4 is 29.4 Å². The molecule has 1 amide bonds. The number of nitrogens with zero attached hydrogens (tertiary/aromatic N) is 2. The minimum absolute atomic E-state index is 0.150. The Morgan fingerprint density at radius 1 is 1.30 bits per heavy atom. The number of halogens is 3. The lowest BCUT2D eigenvalue weighted by atomic mass is 10.2. The summed E-state index contributed by atoms with van der Waals surface area (Å²) >= 11 is 5.63. The van der Waals surface area contributed by atoms with E-state index in [9.17, 15) is 18.4 Å². The number of hydrogen-bond acceptors (Lipinski definition) is 3. The van der Waals surface area contributed by atoms with Crippen LogP contribution in [0.5, 0.6) is 0 Å². The van der Waals surface area contributed by atoms with Crippen LogP contribution in [0.4, 0.5) is 19.4 Å². The van der Waals surface area contributed by atoms with Crippen LogP contribution in [0.1, 0.15) is 10.4 Å². The van der Waals surface area contributed by atoms with Crippen molar-refractivity contribution < 1.29 is 23.5 Å². The smallest absolute Gasteiger partial charge is 0.434 e. The first-order valence-electron chi connectivity index (χ1n) is 5.13. The average Bonchev–Trinajstić information content (AvgIpc) is 2.81. The van der Waals surface area contributed by atoms with E-state index in [1.165, 1.54) is 6.07 Å². The summed E-state index contributed by atoms with van der Waals surface area (Å²) < 4.78 is 26.5. The molecule has 0 bridgehead atoms. The van der Waals surface area contributed by atoms with E-state index in [0.717, 1.165) is 6.20 Å². The van der Waals surface area contributed by atoms with Gasteiger partial charge < -0.3 is 10.4 Å². The SMILES string of the molecule is O=C(Nc1ccnn1C(=O)O)c1cc(F)c(F)cc1Cl. The third-order valence-electron chi connectivity index (χ3n) is 2.32. The van der Waals surface area contributed by atoms with Gasteiger partial charge in [0.25, 0.3) is 5.91 Å². The van der Waals surface area contributed by atoms with Crippen LogP contribution in [-0.2, 0) is 0 Å². The summed E-state index contributed by atoms with van der Waals surface area (Å²) in [6.45, 7) is 0. The average molecular weight is 302 g/mol. The molecule has 0 fully saturated rings. The molecule has 0 unspecified atom stereocenters. The van der Waals surface area contributed by atoms with Crippen LogP contribution < -0.4 is 5.32 Å². The number of amides is 1. The molecular weight excluding hydrogens is 296 g/mol. The summed E-state index contributed by atoms with van der Waals surface area (Å²) in [5.74, 6) is -3.48. The first kappa shape index (κ1) is 13.9. The molecule has 1 heterocycles. The summed E-state index contributed by atoms with van der Waals surface area (Å²) in [5, 5.41) is 14.1. The number of carbonyl (C=O) groups is 2. The molecule has 0 aliphatic carbocycles. The third kappa shape index (κ3) is 2.59. The fourth-order valence-electron chi connectivity index (χ4n) is 1.43. The van der Waals surface area contributed by atoms with Gasteiger partial charge in [-0.1, -0.05) is 11.6 Å². The van der Waals surface area contributed by atoms with Crippen LogP contribution in [0.25, 0.3) is 0 Å². The van der Waals surface area contributed by atoms with Gasteiger partial charge in [-0.2, -0.15) is 5.10 Å². The highest BCUT2D eigenvalue weighted by atomic mass is 35.5. The summed E-state index contributed by atoms with van der Waals surface area (Å²) in [5.41, 5.74) is -0.330. The number of hydrogen-bond donors (Lipinski definition) is 2. The van der Waals surface area contributed by atoms with Crippen molar-refractivity contribution in [1.29, 1.82) is 0 Å². The molecule has 1 aromatic heterocycles. The molecule has 104 valence electrons. The summed E-state index contributed by atoms with van der Waals surface area (Å²) in [6, 6.07) is 2.49. The van der Waals surface area contributed by atoms with Crippen LogP contribution in [0.3, 0.4) is 0 Å². The van der Waals surface area contributed by atoms with Crippen molar-refractivity contribution in [3.05, 3.63) is 46.6 Å². The Hall–Kier alpha value is -2.48. The van der Waals surface area contributed by atoms with Gasteiger partial charge >= 0.3 is 6.09 Å². The second-order valence-corrected chi connectivity index (χ2v) is 4.02. The van der Waals surface area contributed by atoms with Crippen molar-refractivity contribution in [2.24, 2.45) is 0 Å². The maximum Gasteiger partial charge on any atom is 0.434 e. The van der Waals surface area contributed by atoms with Gasteiger partial charge in [0.15, 0.2) is 11.6 Å². The first-order valence-corrected chi connectivity index (χ1v) is 5.51. The van der Waals surface area contributed by atoms with Crippen molar-refractivity contribution in [3.8, 4) is 0 Å². The molecule has 0 radical (unpaired) electrons. The molecular formula is C11H6ClF2N3O3. The second-order valence-electron chi connectivity index (χ2n) is 3.61. The number of carboxylic acid groups (broad SMARTS) is 1. The lowest BCUT2D eigenvalue weighted by molar-refractivity contribution is 0.102. The molecule has 9 heteroatoms. The van der Waals surface area contributed by atoms with E-state index in [1.54, 1.807) is 0 Å². The molecule has 0 aliphatic heterocycles. The zero-order valence-corrected chi connectivity index (χ0v) is 10.4. The van der Waals surface area contributed by atoms with Crippen LogP contribution in [0.15, 0.2) is 24.4 Å². The van der Waals surface area contributed by atoms with Crippen molar-refractivity contribution in [3.63, 3.8) is 0 Å². The van der Waals surface area contributed by atoms with E-state index < -0.39 is 23.6 Å². The largest absolute Gasteiger partial charge is 0.463 e. The maximum atomic E-state index is 13.1. The van der Waals surface area contributed by atoms with Crippen molar-refractivity contribution in [1.82, 2.24) is 9.78 Å². The van der Waals surface area contributed by atoms with Crippen LogP contribution in [0.2, 0.25) is 5.02 Å². The Morgan fingerprint density at radius 2 is 1.95 bits per heavy atom. The topological polar surface area (TPSA) is 84.2 Å². The van der Waals surface area contributed by atoms with Gasteiger partial charge in [0.2, 0.25) is 0 Å². The Kier molecular flexibility index (Phi) is 3.66. The quantitative estimate of drug-likeness (QED) is 0.835. The van der Waals surface area contributed by atoms with E-state index >= 15 is 0 Å². The molecule has 0 atom stereocenters. The fraction of sp³-hybridized carbons (Fsp3) is 0. The maximum absolute atomic E-state index is 13.1. The molecule has 0 saturated heterocycles. The van der Waals surface area contributed by atoms with Gasteiger partial charge in [0, 0.05) is 6.07 Å². The number of carbonyl (C=O) groups excluding carboxylic acids is 1. The molecule has 1 aromatic carbocycles. The van der Waals surface area contributed by atoms with Crippen molar-refractivity contribution in [2.45, 2.75) is 0 Å². The Balaban J connectivity index is 2.31. The molecule has 0 aliphatic rings. The second kappa shape index (κ2) is 5.25. The first-order chi connectivity index (χ1) is 9.40. The molecule has 2 rings (SSSR count). The van der Waals surface area contributed by atoms with Gasteiger partial charge in [-0.3, -0.25) is 4.79 Å². The van der Waals surface area contributed by atoms with Gasteiger partial charge in [-0.15, -0.1) is 4.68 Å². The monoisotopic (exact) mass is 301 g/mol. The lowest BCUT2D eigenvalue weighted by Crippen LogP contribution is -2.19. The summed E-state index contributed by atoms with van der Waals surface area (Å²) in [6.07, 6.45) is -0.266. The predicted molar refractivity (Wildman–Crippen MR) is 65.0 cm³/mol. The highest BCUT2D eigenvalue weighted by molar-refractivity contribution is 6.34. The Morgan fingerprint density at radius 3 is 2.60 bits per heavy atom. The minimum atomic E-state index is -1.42. The summed E-state index contributed by atoms with van der Waals surface area (Å²) in [4.78, 5) is 22.6. The lowest BCUT2D eigenvalue weighted by Gasteiger charge is -2.07. The minimum Gasteiger partial charge on any atom is -0.463 e. The van der Waals surface area contributed by atoms with E-state index in [1.807, 2.05) is 0 Å². The van der Waals surface area contributed by atoms with E-state index in [4.69, 9.17) is 16.7 Å². The molecule has 0 saturated carbocycles. The van der Waals surface area contributed by atoms with Crippen LogP contribution in [-0.4, -0.2) is 26.9 Å². The molecule has 6 nitrogen and oxygen atoms in total. The number of aromatic nitrogens is 2. The number of rotatable bonds is 2. The highest BCUT2D eigenvalue weighted by Gasteiger charge is 2.17. The Labute approximate surface area is 115 Å². The van der Waals surface area contributed by atoms with Gasteiger partial charge in [-0.05, 0) is 12.1 Å². The molecule has 0 spiro atoms. The van der Waals surface area contributed by atoms with Gasteiger partial charge in [-0.25, -0.2) is 13.6 Å². The van der Waals surface area contributed by atoms with E-state index in [2.05, 4.69) is 10.4 Å². The third-order valence-corrected chi connectivity index (χ3v) is 2.63. The Bertz CT molecular complexity index is 702. The fourth-order valence-corrected chi connectivity index (χ4v) is 1.67. The molecule has 2 aromatic rings. The molecule has 20 heavy (non-hydrogen) atoms.